The molecule has 1 amide bonds. The van der Waals surface area contributed by atoms with Gasteiger partial charge >= 0.3 is 0 Å². The molecule has 2 heterocycles. The first kappa shape index (κ1) is 15.7. The maximum Gasteiger partial charge on any atom is 0.274 e. The van der Waals surface area contributed by atoms with Crippen LogP contribution in [0, 0.1) is 5.82 Å². The van der Waals surface area contributed by atoms with E-state index in [1.54, 1.807) is 24.4 Å². The molecule has 0 aliphatic carbocycles. The molecule has 2 unspecified atom stereocenters. The van der Waals surface area contributed by atoms with Gasteiger partial charge in [-0.05, 0) is 50.5 Å². The van der Waals surface area contributed by atoms with Crippen LogP contribution in [0.1, 0.15) is 36.7 Å². The highest BCUT2D eigenvalue weighted by atomic mass is 19.1. The summed E-state index contributed by atoms with van der Waals surface area (Å²) in [7, 11) is 0. The van der Waals surface area contributed by atoms with Crippen LogP contribution in [0.25, 0.3) is 5.69 Å². The van der Waals surface area contributed by atoms with E-state index in [1.807, 2.05) is 11.8 Å². The summed E-state index contributed by atoms with van der Waals surface area (Å²) in [6.45, 7) is 2.64. The molecular formula is C17H21FN4O. The molecule has 0 spiro atoms. The largest absolute Gasteiger partial charge is 0.333 e. The molecule has 0 radical (unpaired) electrons. The molecule has 0 saturated carbocycles. The Morgan fingerprint density at radius 1 is 1.39 bits per heavy atom. The van der Waals surface area contributed by atoms with Crippen LogP contribution >= 0.6 is 0 Å². The fraction of sp³-hybridized carbons (Fsp3) is 0.412. The monoisotopic (exact) mass is 316 g/mol. The minimum absolute atomic E-state index is 0.0515. The van der Waals surface area contributed by atoms with E-state index < -0.39 is 0 Å². The Hall–Kier alpha value is -2.21. The minimum Gasteiger partial charge on any atom is -0.333 e. The molecule has 1 aromatic heterocycles. The van der Waals surface area contributed by atoms with Gasteiger partial charge in [-0.25, -0.2) is 9.07 Å². The summed E-state index contributed by atoms with van der Waals surface area (Å²) in [5, 5.41) is 4.31. The van der Waals surface area contributed by atoms with Gasteiger partial charge in [0.05, 0.1) is 5.69 Å². The second-order valence-electron chi connectivity index (χ2n) is 6.05. The van der Waals surface area contributed by atoms with Gasteiger partial charge in [-0.15, -0.1) is 0 Å². The molecule has 1 aliphatic heterocycles. The van der Waals surface area contributed by atoms with Crippen LogP contribution in [-0.2, 0) is 0 Å². The van der Waals surface area contributed by atoms with Gasteiger partial charge in [-0.2, -0.15) is 5.10 Å². The van der Waals surface area contributed by atoms with Gasteiger partial charge in [0, 0.05) is 24.8 Å². The normalized spacial score (nSPS) is 19.6. The summed E-state index contributed by atoms with van der Waals surface area (Å²) in [6.07, 6.45) is 4.67. The van der Waals surface area contributed by atoms with Gasteiger partial charge in [0.15, 0.2) is 5.69 Å². The first-order valence-electron chi connectivity index (χ1n) is 7.94. The van der Waals surface area contributed by atoms with Crippen molar-refractivity contribution in [3.8, 4) is 5.69 Å². The highest BCUT2D eigenvalue weighted by molar-refractivity contribution is 5.92. The molecule has 5 nitrogen and oxygen atoms in total. The molecule has 2 aromatic rings. The average molecular weight is 316 g/mol. The van der Waals surface area contributed by atoms with E-state index in [4.69, 9.17) is 5.73 Å². The second-order valence-corrected chi connectivity index (χ2v) is 6.05. The Morgan fingerprint density at radius 2 is 2.22 bits per heavy atom. The maximum absolute atomic E-state index is 13.3. The number of piperidine rings is 1. The lowest BCUT2D eigenvalue weighted by Crippen LogP contribution is -2.51. The van der Waals surface area contributed by atoms with E-state index in [0.717, 1.165) is 19.3 Å². The topological polar surface area (TPSA) is 64.2 Å². The molecule has 0 bridgehead atoms. The smallest absolute Gasteiger partial charge is 0.274 e. The first-order chi connectivity index (χ1) is 11.1. The van der Waals surface area contributed by atoms with E-state index in [-0.39, 0.29) is 23.8 Å². The maximum atomic E-state index is 13.3. The van der Waals surface area contributed by atoms with Crippen LogP contribution in [0.4, 0.5) is 4.39 Å². The zero-order valence-corrected chi connectivity index (χ0v) is 13.2. The molecule has 1 fully saturated rings. The third-order valence-corrected chi connectivity index (χ3v) is 4.30. The van der Waals surface area contributed by atoms with Crippen molar-refractivity contribution in [1.82, 2.24) is 14.7 Å². The van der Waals surface area contributed by atoms with Gasteiger partial charge in [-0.3, -0.25) is 4.79 Å². The lowest BCUT2D eigenvalue weighted by Gasteiger charge is -2.37. The third-order valence-electron chi connectivity index (χ3n) is 4.30. The summed E-state index contributed by atoms with van der Waals surface area (Å²) >= 11 is 0. The van der Waals surface area contributed by atoms with Gasteiger partial charge in [0.1, 0.15) is 5.82 Å². The summed E-state index contributed by atoms with van der Waals surface area (Å²) < 4.78 is 14.8. The number of benzene rings is 1. The number of likely N-dealkylation sites (tertiary alicyclic amines) is 1. The molecule has 1 aliphatic rings. The SMILES string of the molecule is CC(N)C1CCCCN1C(=O)c1ccn(-c2cccc(F)c2)n1. The van der Waals surface area contributed by atoms with Crippen molar-refractivity contribution in [1.29, 1.82) is 0 Å². The van der Waals surface area contributed by atoms with Crippen molar-refractivity contribution < 1.29 is 9.18 Å². The molecule has 122 valence electrons. The quantitative estimate of drug-likeness (QED) is 0.945. The van der Waals surface area contributed by atoms with E-state index >= 15 is 0 Å². The van der Waals surface area contributed by atoms with Crippen molar-refractivity contribution in [2.24, 2.45) is 5.73 Å². The molecule has 1 saturated heterocycles. The average Bonchev–Trinajstić information content (AvgIpc) is 3.04. The predicted octanol–water partition coefficient (Wildman–Crippen LogP) is 2.35. The summed E-state index contributed by atoms with van der Waals surface area (Å²) in [5.41, 5.74) is 6.98. The molecule has 2 atom stereocenters. The Labute approximate surface area is 134 Å². The van der Waals surface area contributed by atoms with Gasteiger partial charge < -0.3 is 10.6 Å². The third kappa shape index (κ3) is 3.27. The summed E-state index contributed by atoms with van der Waals surface area (Å²) in [4.78, 5) is 14.6. The fourth-order valence-electron chi connectivity index (χ4n) is 3.10. The number of amides is 1. The highest BCUT2D eigenvalue weighted by Crippen LogP contribution is 2.21. The fourth-order valence-corrected chi connectivity index (χ4v) is 3.10. The van der Waals surface area contributed by atoms with Crippen molar-refractivity contribution in [2.75, 3.05) is 6.54 Å². The molecule has 6 heteroatoms. The predicted molar refractivity (Wildman–Crippen MR) is 85.8 cm³/mol. The van der Waals surface area contributed by atoms with E-state index in [1.165, 1.54) is 16.8 Å². The number of nitrogens with two attached hydrogens (primary N) is 1. The van der Waals surface area contributed by atoms with E-state index in [0.29, 0.717) is 17.9 Å². The summed E-state index contributed by atoms with van der Waals surface area (Å²) in [5.74, 6) is -0.443. The standard InChI is InChI=1S/C17H21FN4O/c1-12(19)16-7-2-3-9-21(16)17(23)15-8-10-22(20-15)14-6-4-5-13(18)11-14/h4-6,8,10-12,16H,2-3,7,9,19H2,1H3. The number of rotatable bonds is 3. The zero-order chi connectivity index (χ0) is 16.4. The first-order valence-corrected chi connectivity index (χ1v) is 7.94. The lowest BCUT2D eigenvalue weighted by atomic mass is 9.96. The number of carbonyl (C=O) groups is 1. The molecular weight excluding hydrogens is 295 g/mol. The Kier molecular flexibility index (Phi) is 4.43. The second kappa shape index (κ2) is 6.50. The van der Waals surface area contributed by atoms with Crippen LogP contribution in [0.5, 0.6) is 0 Å². The Morgan fingerprint density at radius 3 is 2.96 bits per heavy atom. The van der Waals surface area contributed by atoms with Crippen molar-refractivity contribution in [3.05, 3.63) is 48.0 Å². The Bertz CT molecular complexity index is 697. The number of carbonyl (C=O) groups excluding carboxylic acids is 1. The van der Waals surface area contributed by atoms with Crippen molar-refractivity contribution in [2.45, 2.75) is 38.3 Å². The lowest BCUT2D eigenvalue weighted by molar-refractivity contribution is 0.0577. The van der Waals surface area contributed by atoms with E-state index in [9.17, 15) is 9.18 Å². The Balaban J connectivity index is 1.83. The molecule has 3 rings (SSSR count). The van der Waals surface area contributed by atoms with Crippen LogP contribution in [0.3, 0.4) is 0 Å². The number of aromatic nitrogens is 2. The van der Waals surface area contributed by atoms with Crippen LogP contribution in [-0.4, -0.2) is 39.2 Å². The molecule has 1 aromatic carbocycles. The van der Waals surface area contributed by atoms with Gasteiger partial charge in [0.2, 0.25) is 0 Å². The number of hydrogen-bond donors (Lipinski definition) is 1. The van der Waals surface area contributed by atoms with Crippen LogP contribution in [0.15, 0.2) is 36.5 Å². The molecule has 2 N–H and O–H groups in total. The van der Waals surface area contributed by atoms with Crippen LogP contribution < -0.4 is 5.73 Å². The summed E-state index contributed by atoms with van der Waals surface area (Å²) in [6, 6.07) is 7.77. The van der Waals surface area contributed by atoms with Crippen LogP contribution in [0.2, 0.25) is 0 Å². The zero-order valence-electron chi connectivity index (χ0n) is 13.2. The number of nitrogens with zero attached hydrogens (tertiary/aromatic N) is 3. The number of halogens is 1. The van der Waals surface area contributed by atoms with E-state index in [2.05, 4.69) is 5.10 Å². The molecule has 23 heavy (non-hydrogen) atoms. The van der Waals surface area contributed by atoms with Crippen molar-refractivity contribution >= 4 is 5.91 Å². The van der Waals surface area contributed by atoms with Crippen molar-refractivity contribution in [3.63, 3.8) is 0 Å². The highest BCUT2D eigenvalue weighted by Gasteiger charge is 2.30. The minimum atomic E-state index is -0.334. The van der Waals surface area contributed by atoms with Gasteiger partial charge in [-0.1, -0.05) is 6.07 Å². The number of hydrogen-bond acceptors (Lipinski definition) is 3. The van der Waals surface area contributed by atoms with Gasteiger partial charge in [0.25, 0.3) is 5.91 Å².